The minimum Gasteiger partial charge on any atom is -0.355 e. The summed E-state index contributed by atoms with van der Waals surface area (Å²) in [6, 6.07) is 0.963. The molecule has 1 aliphatic heterocycles. The molecule has 1 heterocycles. The predicted octanol–water partition coefficient (Wildman–Crippen LogP) is 15.0. The summed E-state index contributed by atoms with van der Waals surface area (Å²) < 4.78 is 0. The highest BCUT2D eigenvalue weighted by atomic mass is 16.1. The summed E-state index contributed by atoms with van der Waals surface area (Å²) in [6.45, 7) is 22.6. The SMILES string of the molecule is CCCCCCCCCN(CC=O)CCN(CCCCCCCCC)CCCCCCCCC.CCCCCCCCCN(CCCCCCCCC)CCC1CC(NC=O)CN1C. The van der Waals surface area contributed by atoms with Crippen molar-refractivity contribution in [2.45, 2.75) is 284 Å². The summed E-state index contributed by atoms with van der Waals surface area (Å²) in [7, 11) is 2.22. The minimum absolute atomic E-state index is 0.345. The number of amides is 1. The van der Waals surface area contributed by atoms with Crippen LogP contribution in [0.25, 0.3) is 0 Å². The van der Waals surface area contributed by atoms with E-state index < -0.39 is 0 Å². The summed E-state index contributed by atoms with van der Waals surface area (Å²) in [5, 5.41) is 2.98. The summed E-state index contributed by atoms with van der Waals surface area (Å²) in [5.74, 6) is 0. The zero-order valence-electron chi connectivity index (χ0n) is 44.6. The van der Waals surface area contributed by atoms with E-state index >= 15 is 0 Å². The number of unbranched alkanes of at least 4 members (excludes halogenated alkanes) is 30. The molecule has 1 aliphatic rings. The summed E-state index contributed by atoms with van der Waals surface area (Å²) >= 11 is 0. The molecule has 0 aromatic heterocycles. The number of nitrogens with one attached hydrogen (secondary N) is 1. The first kappa shape index (κ1) is 63.0. The van der Waals surface area contributed by atoms with Gasteiger partial charge in [-0.3, -0.25) is 9.69 Å². The van der Waals surface area contributed by atoms with Crippen LogP contribution in [-0.2, 0) is 9.59 Å². The molecule has 0 saturated carbocycles. The Bertz CT molecular complexity index is 886. The number of carbonyl (C=O) groups excluding carboxylic acids is 2. The van der Waals surface area contributed by atoms with Gasteiger partial charge in [0, 0.05) is 31.7 Å². The van der Waals surface area contributed by atoms with E-state index in [0.29, 0.717) is 18.6 Å². The summed E-state index contributed by atoms with van der Waals surface area (Å²) in [5.41, 5.74) is 0. The normalized spacial score (nSPS) is 15.4. The molecule has 0 aromatic carbocycles. The Morgan fingerprint density at radius 2 is 0.703 bits per heavy atom. The topological polar surface area (TPSA) is 59.1 Å². The fraction of sp³-hybridized carbons (Fsp3) is 0.965. The van der Waals surface area contributed by atoms with Gasteiger partial charge in [-0.25, -0.2) is 0 Å². The fourth-order valence-corrected chi connectivity index (χ4v) is 9.78. The van der Waals surface area contributed by atoms with Gasteiger partial charge in [0.2, 0.25) is 6.41 Å². The molecule has 2 atom stereocenters. The van der Waals surface area contributed by atoms with E-state index in [9.17, 15) is 9.59 Å². The lowest BCUT2D eigenvalue weighted by atomic mass is 10.1. The van der Waals surface area contributed by atoms with Crippen molar-refractivity contribution in [3.63, 3.8) is 0 Å². The Kier molecular flexibility index (Phi) is 50.6. The summed E-state index contributed by atoms with van der Waals surface area (Å²) in [4.78, 5) is 32.3. The van der Waals surface area contributed by atoms with Crippen molar-refractivity contribution in [2.24, 2.45) is 0 Å². The van der Waals surface area contributed by atoms with Gasteiger partial charge in [-0.1, -0.05) is 227 Å². The molecular weight excluding hydrogens is 787 g/mol. The Morgan fingerprint density at radius 1 is 0.406 bits per heavy atom. The number of hydrogen-bond donors (Lipinski definition) is 1. The standard InChI is InChI=1S/C31H64N2O.C26H53N3O/c1-4-7-10-13-16-19-22-25-32(26-23-20-17-14-11-8-5-2)28-29-33(30-31-34)27-24-21-18-15-12-9-6-3;1-4-6-8-10-12-14-16-19-29(20-17-15-13-11-9-7-5-2)21-18-26-22-25(27-24-30)23-28(26)3/h31H,4-30H2,1-3H3;24-26H,4-23H2,1-3H3,(H,27,30). The number of hydrogen-bond acceptors (Lipinski definition) is 6. The molecule has 0 bridgehead atoms. The maximum absolute atomic E-state index is 11.2. The molecule has 1 saturated heterocycles. The second kappa shape index (κ2) is 51.4. The van der Waals surface area contributed by atoms with Crippen LogP contribution in [0.3, 0.4) is 0 Å². The molecule has 0 radical (unpaired) electrons. The van der Waals surface area contributed by atoms with Gasteiger partial charge in [0.15, 0.2) is 0 Å². The zero-order chi connectivity index (χ0) is 46.8. The van der Waals surface area contributed by atoms with Crippen LogP contribution in [0, 0.1) is 0 Å². The average molecular weight is 905 g/mol. The predicted molar refractivity (Wildman–Crippen MR) is 284 cm³/mol. The number of nitrogens with zero attached hydrogens (tertiary/aromatic N) is 4. The quantitative estimate of drug-likeness (QED) is 0.0485. The van der Waals surface area contributed by atoms with Crippen molar-refractivity contribution in [2.75, 3.05) is 72.5 Å². The molecule has 2 unspecified atom stereocenters. The third-order valence-corrected chi connectivity index (χ3v) is 14.2. The van der Waals surface area contributed by atoms with Gasteiger partial charge in [-0.2, -0.15) is 0 Å². The van der Waals surface area contributed by atoms with Crippen LogP contribution in [0.2, 0.25) is 0 Å². The van der Waals surface area contributed by atoms with Gasteiger partial charge in [0.1, 0.15) is 6.29 Å². The molecule has 64 heavy (non-hydrogen) atoms. The molecule has 1 amide bonds. The fourth-order valence-electron chi connectivity index (χ4n) is 9.78. The number of aldehydes is 1. The Hall–Kier alpha value is -1.02. The van der Waals surface area contributed by atoms with E-state index in [1.807, 2.05) is 0 Å². The molecular formula is C57H117N5O2. The van der Waals surface area contributed by atoms with Crippen LogP contribution >= 0.6 is 0 Å². The van der Waals surface area contributed by atoms with Crippen molar-refractivity contribution in [1.29, 1.82) is 0 Å². The second-order valence-electron chi connectivity index (χ2n) is 20.4. The second-order valence-corrected chi connectivity index (χ2v) is 20.4. The van der Waals surface area contributed by atoms with Crippen LogP contribution in [0.5, 0.6) is 0 Å². The Morgan fingerprint density at radius 3 is 1.03 bits per heavy atom. The van der Waals surface area contributed by atoms with Crippen molar-refractivity contribution >= 4 is 12.7 Å². The van der Waals surface area contributed by atoms with E-state index in [1.165, 1.54) is 264 Å². The molecule has 0 aliphatic carbocycles. The number of carbonyl (C=O) groups is 2. The lowest BCUT2D eigenvalue weighted by Gasteiger charge is -2.27. The number of likely N-dealkylation sites (tertiary alicyclic amines) is 1. The smallest absolute Gasteiger partial charge is 0.207 e. The molecule has 1 N–H and O–H groups in total. The van der Waals surface area contributed by atoms with Crippen molar-refractivity contribution in [1.82, 2.24) is 24.9 Å². The maximum Gasteiger partial charge on any atom is 0.207 e. The third-order valence-electron chi connectivity index (χ3n) is 14.2. The van der Waals surface area contributed by atoms with E-state index in [1.54, 1.807) is 0 Å². The molecule has 0 aromatic rings. The Balaban J connectivity index is 0.00000125. The first-order valence-electron chi connectivity index (χ1n) is 29.0. The first-order chi connectivity index (χ1) is 31.5. The van der Waals surface area contributed by atoms with Crippen LogP contribution < -0.4 is 5.32 Å². The van der Waals surface area contributed by atoms with Crippen molar-refractivity contribution in [3.05, 3.63) is 0 Å². The lowest BCUT2D eigenvalue weighted by molar-refractivity contribution is -0.110. The highest BCUT2D eigenvalue weighted by Gasteiger charge is 2.29. The molecule has 1 fully saturated rings. The van der Waals surface area contributed by atoms with Crippen LogP contribution in [0.4, 0.5) is 0 Å². The number of likely N-dealkylation sites (N-methyl/N-ethyl adjacent to an activating group) is 1. The van der Waals surface area contributed by atoms with Crippen molar-refractivity contribution < 1.29 is 9.59 Å². The Labute approximate surface area is 402 Å². The maximum atomic E-state index is 11.2. The third kappa shape index (κ3) is 42.3. The summed E-state index contributed by atoms with van der Waals surface area (Å²) in [6.07, 6.45) is 52.6. The minimum atomic E-state index is 0.345. The number of rotatable bonds is 50. The monoisotopic (exact) mass is 904 g/mol. The van der Waals surface area contributed by atoms with Crippen LogP contribution in [0.1, 0.15) is 272 Å². The van der Waals surface area contributed by atoms with E-state index in [4.69, 9.17) is 0 Å². The van der Waals surface area contributed by atoms with Crippen molar-refractivity contribution in [3.8, 4) is 0 Å². The van der Waals surface area contributed by atoms with E-state index in [2.05, 4.69) is 66.6 Å². The largest absolute Gasteiger partial charge is 0.355 e. The molecule has 0 spiro atoms. The average Bonchev–Trinajstić information content (AvgIpc) is 3.65. The van der Waals surface area contributed by atoms with Gasteiger partial charge < -0.3 is 24.8 Å². The molecule has 7 heteroatoms. The van der Waals surface area contributed by atoms with Gasteiger partial charge in [-0.05, 0) is 91.3 Å². The van der Waals surface area contributed by atoms with Gasteiger partial charge in [0.25, 0.3) is 0 Å². The van der Waals surface area contributed by atoms with Crippen LogP contribution in [-0.4, -0.2) is 117 Å². The van der Waals surface area contributed by atoms with E-state index in [-0.39, 0.29) is 0 Å². The van der Waals surface area contributed by atoms with E-state index in [0.717, 1.165) is 45.3 Å². The van der Waals surface area contributed by atoms with Gasteiger partial charge in [-0.15, -0.1) is 0 Å². The highest BCUT2D eigenvalue weighted by Crippen LogP contribution is 2.20. The first-order valence-corrected chi connectivity index (χ1v) is 29.0. The molecule has 382 valence electrons. The highest BCUT2D eigenvalue weighted by molar-refractivity contribution is 5.51. The van der Waals surface area contributed by atoms with Gasteiger partial charge >= 0.3 is 0 Å². The van der Waals surface area contributed by atoms with Crippen LogP contribution in [0.15, 0.2) is 0 Å². The van der Waals surface area contributed by atoms with Gasteiger partial charge in [0.05, 0.1) is 6.54 Å². The zero-order valence-corrected chi connectivity index (χ0v) is 44.6. The molecule has 1 rings (SSSR count). The lowest BCUT2D eigenvalue weighted by Crippen LogP contribution is -2.37. The molecule has 7 nitrogen and oxygen atoms in total.